The van der Waals surface area contributed by atoms with E-state index < -0.39 is 6.10 Å². The molecule has 0 aliphatic carbocycles. The van der Waals surface area contributed by atoms with Crippen molar-refractivity contribution in [3.05, 3.63) is 17.0 Å². The summed E-state index contributed by atoms with van der Waals surface area (Å²) in [6.45, 7) is 5.53. The highest BCUT2D eigenvalue weighted by molar-refractivity contribution is 5.24. The Hall–Kier alpha value is -0.830. The number of aromatic amines is 1. The van der Waals surface area contributed by atoms with Gasteiger partial charge >= 0.3 is 0 Å². The van der Waals surface area contributed by atoms with Crippen molar-refractivity contribution >= 4 is 0 Å². The molecule has 3 heteroatoms. The lowest BCUT2D eigenvalue weighted by Gasteiger charge is -2.02. The molecule has 1 aromatic rings. The summed E-state index contributed by atoms with van der Waals surface area (Å²) in [7, 11) is 0. The van der Waals surface area contributed by atoms with Gasteiger partial charge in [-0.15, -0.1) is 0 Å². The number of nitrogens with zero attached hydrogens (tertiary/aromatic N) is 1. The van der Waals surface area contributed by atoms with E-state index in [1.165, 1.54) is 0 Å². The van der Waals surface area contributed by atoms with E-state index in [1.54, 1.807) is 6.92 Å². The summed E-state index contributed by atoms with van der Waals surface area (Å²) >= 11 is 0. The molecule has 0 aliphatic rings. The van der Waals surface area contributed by atoms with Crippen LogP contribution < -0.4 is 0 Å². The molecule has 1 aromatic heterocycles. The van der Waals surface area contributed by atoms with Crippen molar-refractivity contribution < 1.29 is 5.11 Å². The Labute approximate surface area is 60.1 Å². The van der Waals surface area contributed by atoms with Gasteiger partial charge in [0.1, 0.15) is 0 Å². The SMILES string of the molecule is Cc1n[nH]c(C)c1[C@@H](C)O. The molecule has 0 saturated carbocycles. The minimum atomic E-state index is -0.418. The average Bonchev–Trinajstić information content (AvgIpc) is 2.11. The fourth-order valence-corrected chi connectivity index (χ4v) is 1.18. The Balaban J connectivity index is 3.10. The van der Waals surface area contributed by atoms with Gasteiger partial charge in [0.2, 0.25) is 0 Å². The maximum absolute atomic E-state index is 9.21. The second-order valence-electron chi connectivity index (χ2n) is 2.52. The van der Waals surface area contributed by atoms with Crippen LogP contribution in [0.2, 0.25) is 0 Å². The number of hydrogen-bond acceptors (Lipinski definition) is 2. The largest absolute Gasteiger partial charge is 0.389 e. The molecule has 0 unspecified atom stereocenters. The van der Waals surface area contributed by atoms with E-state index in [0.717, 1.165) is 17.0 Å². The molecule has 0 radical (unpaired) electrons. The summed E-state index contributed by atoms with van der Waals surface area (Å²) < 4.78 is 0. The van der Waals surface area contributed by atoms with Gasteiger partial charge in [-0.2, -0.15) is 5.10 Å². The average molecular weight is 140 g/mol. The number of aryl methyl sites for hydroxylation is 2. The summed E-state index contributed by atoms with van der Waals surface area (Å²) in [5.74, 6) is 0. The monoisotopic (exact) mass is 140 g/mol. The maximum atomic E-state index is 9.21. The molecule has 0 amide bonds. The normalized spacial score (nSPS) is 13.6. The summed E-state index contributed by atoms with van der Waals surface area (Å²) in [5.41, 5.74) is 2.75. The smallest absolute Gasteiger partial charge is 0.0797 e. The standard InChI is InChI=1S/C7H12N2O/c1-4-7(6(3)10)5(2)9-8-4/h6,10H,1-3H3,(H,8,9)/t6-/m1/s1. The van der Waals surface area contributed by atoms with Gasteiger partial charge in [0, 0.05) is 11.3 Å². The number of aliphatic hydroxyl groups is 1. The second-order valence-corrected chi connectivity index (χ2v) is 2.52. The quantitative estimate of drug-likeness (QED) is 0.613. The van der Waals surface area contributed by atoms with E-state index in [2.05, 4.69) is 10.2 Å². The number of aromatic nitrogens is 2. The lowest BCUT2D eigenvalue weighted by atomic mass is 10.1. The molecule has 1 rings (SSSR count). The molecule has 0 fully saturated rings. The zero-order valence-electron chi connectivity index (χ0n) is 6.47. The van der Waals surface area contributed by atoms with Crippen molar-refractivity contribution in [1.29, 1.82) is 0 Å². The first kappa shape index (κ1) is 7.28. The van der Waals surface area contributed by atoms with E-state index in [9.17, 15) is 5.11 Å². The molecule has 0 aromatic carbocycles. The lowest BCUT2D eigenvalue weighted by molar-refractivity contribution is 0.198. The third-order valence-corrected chi connectivity index (χ3v) is 1.60. The number of aliphatic hydroxyl groups excluding tert-OH is 1. The van der Waals surface area contributed by atoms with E-state index in [0.29, 0.717) is 0 Å². The number of nitrogens with one attached hydrogen (secondary N) is 1. The van der Waals surface area contributed by atoms with E-state index in [1.807, 2.05) is 13.8 Å². The van der Waals surface area contributed by atoms with Crippen molar-refractivity contribution in [3.8, 4) is 0 Å². The molecule has 56 valence electrons. The number of hydrogen-bond donors (Lipinski definition) is 2. The highest BCUT2D eigenvalue weighted by atomic mass is 16.3. The summed E-state index contributed by atoms with van der Waals surface area (Å²) in [6, 6.07) is 0. The van der Waals surface area contributed by atoms with Crippen LogP contribution in [0.1, 0.15) is 30.0 Å². The predicted molar refractivity (Wildman–Crippen MR) is 38.7 cm³/mol. The fourth-order valence-electron chi connectivity index (χ4n) is 1.18. The topological polar surface area (TPSA) is 48.9 Å². The van der Waals surface area contributed by atoms with E-state index >= 15 is 0 Å². The Bertz CT molecular complexity index is 208. The summed E-state index contributed by atoms with van der Waals surface area (Å²) in [5, 5.41) is 16.0. The molecule has 2 N–H and O–H groups in total. The third kappa shape index (κ3) is 1.04. The molecular formula is C7H12N2O. The highest BCUT2D eigenvalue weighted by Gasteiger charge is 2.10. The van der Waals surface area contributed by atoms with Crippen molar-refractivity contribution in [1.82, 2.24) is 10.2 Å². The Morgan fingerprint density at radius 3 is 2.30 bits per heavy atom. The van der Waals surface area contributed by atoms with Gasteiger partial charge in [0.05, 0.1) is 11.8 Å². The van der Waals surface area contributed by atoms with Gasteiger partial charge in [-0.05, 0) is 20.8 Å². The molecule has 0 saturated heterocycles. The predicted octanol–water partition coefficient (Wildman–Crippen LogP) is 1.08. The van der Waals surface area contributed by atoms with Gasteiger partial charge < -0.3 is 5.11 Å². The van der Waals surface area contributed by atoms with Crippen LogP contribution in [0.15, 0.2) is 0 Å². The van der Waals surface area contributed by atoms with Gasteiger partial charge in [0.25, 0.3) is 0 Å². The minimum absolute atomic E-state index is 0.418. The van der Waals surface area contributed by atoms with Crippen LogP contribution in [0.25, 0.3) is 0 Å². The van der Waals surface area contributed by atoms with Gasteiger partial charge in [-0.1, -0.05) is 0 Å². The van der Waals surface area contributed by atoms with Crippen LogP contribution in [0, 0.1) is 13.8 Å². The molecule has 0 bridgehead atoms. The van der Waals surface area contributed by atoms with Crippen LogP contribution in [0.3, 0.4) is 0 Å². The molecule has 10 heavy (non-hydrogen) atoms. The van der Waals surface area contributed by atoms with Crippen LogP contribution >= 0.6 is 0 Å². The van der Waals surface area contributed by atoms with Crippen LogP contribution in [-0.2, 0) is 0 Å². The second kappa shape index (κ2) is 2.42. The molecule has 0 spiro atoms. The van der Waals surface area contributed by atoms with Gasteiger partial charge in [-0.3, -0.25) is 5.10 Å². The molecule has 1 atom stereocenters. The Kier molecular flexibility index (Phi) is 1.76. The lowest BCUT2D eigenvalue weighted by Crippen LogP contribution is -1.93. The van der Waals surface area contributed by atoms with Crippen molar-refractivity contribution in [2.24, 2.45) is 0 Å². The Morgan fingerprint density at radius 2 is 2.10 bits per heavy atom. The van der Waals surface area contributed by atoms with Crippen LogP contribution in [0.5, 0.6) is 0 Å². The first-order valence-corrected chi connectivity index (χ1v) is 3.32. The van der Waals surface area contributed by atoms with Crippen LogP contribution in [0.4, 0.5) is 0 Å². The molecule has 0 aliphatic heterocycles. The first-order valence-electron chi connectivity index (χ1n) is 3.32. The summed E-state index contributed by atoms with van der Waals surface area (Å²) in [6.07, 6.45) is -0.418. The number of H-pyrrole nitrogens is 1. The zero-order valence-corrected chi connectivity index (χ0v) is 6.47. The third-order valence-electron chi connectivity index (χ3n) is 1.60. The van der Waals surface area contributed by atoms with E-state index in [4.69, 9.17) is 0 Å². The maximum Gasteiger partial charge on any atom is 0.0797 e. The van der Waals surface area contributed by atoms with Gasteiger partial charge in [-0.25, -0.2) is 0 Å². The van der Waals surface area contributed by atoms with Crippen molar-refractivity contribution in [2.45, 2.75) is 26.9 Å². The van der Waals surface area contributed by atoms with Crippen LogP contribution in [-0.4, -0.2) is 15.3 Å². The fraction of sp³-hybridized carbons (Fsp3) is 0.571. The summed E-state index contributed by atoms with van der Waals surface area (Å²) in [4.78, 5) is 0. The highest BCUT2D eigenvalue weighted by Crippen LogP contribution is 2.17. The first-order chi connectivity index (χ1) is 4.63. The Morgan fingerprint density at radius 1 is 1.50 bits per heavy atom. The van der Waals surface area contributed by atoms with E-state index in [-0.39, 0.29) is 0 Å². The number of rotatable bonds is 1. The van der Waals surface area contributed by atoms with Crippen molar-refractivity contribution in [2.75, 3.05) is 0 Å². The molecule has 3 nitrogen and oxygen atoms in total. The minimum Gasteiger partial charge on any atom is -0.389 e. The van der Waals surface area contributed by atoms with Gasteiger partial charge in [0.15, 0.2) is 0 Å². The zero-order chi connectivity index (χ0) is 7.72. The molecular weight excluding hydrogens is 128 g/mol. The molecule has 1 heterocycles. The van der Waals surface area contributed by atoms with Crippen molar-refractivity contribution in [3.63, 3.8) is 0 Å².